The van der Waals surface area contributed by atoms with Crippen molar-refractivity contribution < 1.29 is 5.11 Å². The maximum atomic E-state index is 9.30. The van der Waals surface area contributed by atoms with Gasteiger partial charge in [0.1, 0.15) is 0 Å². The molecule has 0 amide bonds. The van der Waals surface area contributed by atoms with Gasteiger partial charge in [-0.15, -0.1) is 0 Å². The van der Waals surface area contributed by atoms with Gasteiger partial charge in [-0.05, 0) is 0 Å². The first-order chi connectivity index (χ1) is 11.4. The number of aromatic nitrogens is 5. The summed E-state index contributed by atoms with van der Waals surface area (Å²) in [6.45, 7) is 6.21. The Morgan fingerprint density at radius 1 is 1.21 bits per heavy atom. The molecule has 24 heavy (non-hydrogen) atoms. The van der Waals surface area contributed by atoms with E-state index >= 15 is 0 Å². The first kappa shape index (κ1) is 16.8. The third kappa shape index (κ3) is 3.40. The molecule has 0 unspecified atom stereocenters. The normalized spacial score (nSPS) is 11.7. The molecule has 0 saturated carbocycles. The Balaban J connectivity index is 2.05. The summed E-state index contributed by atoms with van der Waals surface area (Å²) in [7, 11) is 0. The summed E-state index contributed by atoms with van der Waals surface area (Å²) in [5.74, 6) is 1.34. The number of hydrogen-bond donors (Lipinski definition) is 2. The Bertz CT molecular complexity index is 869. The number of nitrogens with one attached hydrogen (secondary N) is 1. The van der Waals surface area contributed by atoms with Gasteiger partial charge in [-0.25, -0.2) is 0 Å². The molecule has 0 fully saturated rings. The number of H-pyrrole nitrogens is 1. The van der Waals surface area contributed by atoms with Crippen LogP contribution >= 0.6 is 0 Å². The number of aliphatic hydroxyl groups is 1. The molecule has 0 aliphatic carbocycles. The summed E-state index contributed by atoms with van der Waals surface area (Å²) >= 11 is 2.40. The van der Waals surface area contributed by atoms with Crippen LogP contribution in [0, 0.1) is 0 Å². The average Bonchev–Trinajstić information content (AvgIpc) is 3.05. The van der Waals surface area contributed by atoms with E-state index in [1.54, 1.807) is 6.20 Å². The zero-order valence-electron chi connectivity index (χ0n) is 13.8. The van der Waals surface area contributed by atoms with Crippen molar-refractivity contribution in [1.29, 1.82) is 0 Å². The van der Waals surface area contributed by atoms with E-state index in [0.717, 1.165) is 22.6 Å². The molecule has 0 saturated heterocycles. The molecule has 3 rings (SSSR count). The zero-order chi connectivity index (χ0) is 17.3. The third-order valence-electron chi connectivity index (χ3n) is 3.57. The van der Waals surface area contributed by atoms with Crippen molar-refractivity contribution in [3.63, 3.8) is 0 Å². The van der Waals surface area contributed by atoms with E-state index in [4.69, 9.17) is 0 Å². The number of hydrogen-bond acceptors (Lipinski definition) is 5. The van der Waals surface area contributed by atoms with Gasteiger partial charge in [0, 0.05) is 0 Å². The fraction of sp³-hybridized carbons (Fsp3) is 0.294. The summed E-state index contributed by atoms with van der Waals surface area (Å²) in [5, 5.41) is 16.6. The molecular weight excluding hydrogens is 365 g/mol. The molecule has 1 aromatic carbocycles. The van der Waals surface area contributed by atoms with Gasteiger partial charge in [-0.2, -0.15) is 0 Å². The molecule has 0 aliphatic rings. The predicted octanol–water partition coefficient (Wildman–Crippen LogP) is 1.51. The van der Waals surface area contributed by atoms with Crippen molar-refractivity contribution in [1.82, 2.24) is 25.1 Å². The fourth-order valence-electron chi connectivity index (χ4n) is 2.20. The second-order valence-electron chi connectivity index (χ2n) is 6.54. The molecule has 7 heteroatoms. The quantitative estimate of drug-likeness (QED) is 0.670. The standard InChI is InChI=1S/C17H18AsN5O/c1-17(2,3)16-21-15(22-23-16)13-14(18)19-8-12(20-13)11-6-4-5-10(7-11)9-24/h4-8,24H,9H2,1-3H3,(H,21,22,23). The van der Waals surface area contributed by atoms with E-state index in [2.05, 4.69) is 62.8 Å². The molecule has 0 spiro atoms. The van der Waals surface area contributed by atoms with Gasteiger partial charge in [0.25, 0.3) is 0 Å². The van der Waals surface area contributed by atoms with E-state index < -0.39 is 0 Å². The van der Waals surface area contributed by atoms with Gasteiger partial charge >= 0.3 is 149 Å². The Kier molecular flexibility index (Phi) is 4.52. The molecular formula is C17H18AsN5O. The van der Waals surface area contributed by atoms with Crippen LogP contribution in [0.3, 0.4) is 0 Å². The maximum absolute atomic E-state index is 9.30. The van der Waals surface area contributed by atoms with Gasteiger partial charge in [0.05, 0.1) is 0 Å². The molecule has 0 atom stereocenters. The molecule has 2 N–H and O–H groups in total. The number of aliphatic hydroxyl groups excluding tert-OH is 1. The first-order valence-electron chi connectivity index (χ1n) is 7.58. The van der Waals surface area contributed by atoms with Crippen LogP contribution in [0.15, 0.2) is 30.5 Å². The molecule has 0 aliphatic heterocycles. The molecule has 2 heterocycles. The van der Waals surface area contributed by atoms with Gasteiger partial charge in [0.2, 0.25) is 0 Å². The summed E-state index contributed by atoms with van der Waals surface area (Å²) < 4.78 is 0.712. The van der Waals surface area contributed by atoms with Crippen molar-refractivity contribution >= 4 is 21.3 Å². The van der Waals surface area contributed by atoms with E-state index in [1.807, 2.05) is 24.3 Å². The Morgan fingerprint density at radius 3 is 2.67 bits per heavy atom. The van der Waals surface area contributed by atoms with Crippen molar-refractivity contribution in [2.45, 2.75) is 32.8 Å². The fourth-order valence-corrected chi connectivity index (χ4v) is 2.64. The van der Waals surface area contributed by atoms with Crippen molar-refractivity contribution in [2.75, 3.05) is 0 Å². The van der Waals surface area contributed by atoms with Crippen LogP contribution in [0.1, 0.15) is 32.2 Å². The third-order valence-corrected chi connectivity index (χ3v) is 4.25. The van der Waals surface area contributed by atoms with Gasteiger partial charge in [-0.3, -0.25) is 0 Å². The number of aromatic amines is 1. The van der Waals surface area contributed by atoms with E-state index in [0.29, 0.717) is 16.0 Å². The monoisotopic (exact) mass is 383 g/mol. The second-order valence-corrected chi connectivity index (χ2v) is 7.43. The van der Waals surface area contributed by atoms with Crippen molar-refractivity contribution in [2.24, 2.45) is 0 Å². The van der Waals surface area contributed by atoms with E-state index in [9.17, 15) is 5.11 Å². The Labute approximate surface area is 149 Å². The molecule has 2 radical (unpaired) electrons. The SMILES string of the molecule is CC(C)(C)c1nc(-c2nc(-c3cccc(CO)c3)cnc2[As])n[nH]1. The molecule has 2 aromatic heterocycles. The van der Waals surface area contributed by atoms with Crippen LogP contribution < -0.4 is 4.48 Å². The summed E-state index contributed by atoms with van der Waals surface area (Å²) in [5.41, 5.74) is 2.97. The van der Waals surface area contributed by atoms with Crippen LogP contribution in [-0.2, 0) is 12.0 Å². The minimum atomic E-state index is -0.117. The number of rotatable bonds is 3. The van der Waals surface area contributed by atoms with Crippen LogP contribution in [0.25, 0.3) is 22.8 Å². The summed E-state index contributed by atoms with van der Waals surface area (Å²) in [4.78, 5) is 13.7. The van der Waals surface area contributed by atoms with Crippen molar-refractivity contribution in [3.05, 3.63) is 41.9 Å². The van der Waals surface area contributed by atoms with Gasteiger partial charge in [0.15, 0.2) is 0 Å². The topological polar surface area (TPSA) is 87.6 Å². The Morgan fingerprint density at radius 2 is 2.00 bits per heavy atom. The second kappa shape index (κ2) is 6.46. The molecule has 3 aromatic rings. The van der Waals surface area contributed by atoms with Crippen LogP contribution in [0.5, 0.6) is 0 Å². The van der Waals surface area contributed by atoms with Gasteiger partial charge in [-0.1, -0.05) is 0 Å². The average molecular weight is 383 g/mol. The molecule has 6 nitrogen and oxygen atoms in total. The van der Waals surface area contributed by atoms with E-state index in [-0.39, 0.29) is 12.0 Å². The van der Waals surface area contributed by atoms with Crippen molar-refractivity contribution in [3.8, 4) is 22.8 Å². The van der Waals surface area contributed by atoms with Crippen LogP contribution in [-0.4, -0.2) is 47.1 Å². The summed E-state index contributed by atoms with van der Waals surface area (Å²) in [6.07, 6.45) is 1.71. The van der Waals surface area contributed by atoms with E-state index in [1.165, 1.54) is 0 Å². The van der Waals surface area contributed by atoms with Crippen LogP contribution in [0.4, 0.5) is 0 Å². The number of benzene rings is 1. The summed E-state index contributed by atoms with van der Waals surface area (Å²) in [6, 6.07) is 7.60. The number of nitrogens with zero attached hydrogens (tertiary/aromatic N) is 4. The predicted molar refractivity (Wildman–Crippen MR) is 92.9 cm³/mol. The first-order valence-corrected chi connectivity index (χ1v) is 8.52. The van der Waals surface area contributed by atoms with Gasteiger partial charge < -0.3 is 0 Å². The van der Waals surface area contributed by atoms with Crippen LogP contribution in [0.2, 0.25) is 0 Å². The molecule has 0 bridgehead atoms. The minimum absolute atomic E-state index is 0.00720. The molecule has 122 valence electrons. The Hall–Kier alpha value is -2.04. The zero-order valence-corrected chi connectivity index (χ0v) is 15.7.